The number of hydrogen-bond acceptors (Lipinski definition) is 5. The van der Waals surface area contributed by atoms with Gasteiger partial charge in [-0.2, -0.15) is 4.98 Å². The van der Waals surface area contributed by atoms with Gasteiger partial charge >= 0.3 is 0 Å². The lowest BCUT2D eigenvalue weighted by atomic mass is 10.1. The van der Waals surface area contributed by atoms with Crippen molar-refractivity contribution >= 4 is 11.0 Å². The standard InChI is InChI=1S/C17H21N5O/c1-12-18-17(23-20-12)13-7-9-22(11-13)10-8-16-19-14-5-3-4-6-15(14)21(16)2/h3-6,13H,7-11H2,1-2H3/t13-/m0/s1. The molecular formula is C17H21N5O. The van der Waals surface area contributed by atoms with Gasteiger partial charge in [-0.3, -0.25) is 0 Å². The highest BCUT2D eigenvalue weighted by Gasteiger charge is 2.28. The molecule has 0 amide bonds. The fourth-order valence-corrected chi connectivity index (χ4v) is 3.39. The Hall–Kier alpha value is -2.21. The Balaban J connectivity index is 1.40. The van der Waals surface area contributed by atoms with E-state index in [0.717, 1.165) is 55.5 Å². The van der Waals surface area contributed by atoms with Crippen LogP contribution in [0.15, 0.2) is 28.8 Å². The predicted octanol–water partition coefficient (Wildman–Crippen LogP) is 2.30. The van der Waals surface area contributed by atoms with Crippen molar-refractivity contribution in [2.45, 2.75) is 25.7 Å². The van der Waals surface area contributed by atoms with E-state index in [1.807, 2.05) is 13.0 Å². The van der Waals surface area contributed by atoms with Crippen molar-refractivity contribution in [3.63, 3.8) is 0 Å². The minimum atomic E-state index is 0.372. The van der Waals surface area contributed by atoms with E-state index in [9.17, 15) is 0 Å². The van der Waals surface area contributed by atoms with E-state index in [1.165, 1.54) is 5.52 Å². The maximum Gasteiger partial charge on any atom is 0.231 e. The Kier molecular flexibility index (Phi) is 3.61. The first-order valence-corrected chi connectivity index (χ1v) is 8.13. The number of imidazole rings is 1. The molecule has 2 aromatic heterocycles. The first kappa shape index (κ1) is 14.4. The molecule has 0 N–H and O–H groups in total. The molecule has 1 saturated heterocycles. The third kappa shape index (κ3) is 2.74. The number of hydrogen-bond donors (Lipinski definition) is 0. The molecule has 1 aromatic carbocycles. The SMILES string of the molecule is Cc1noc([C@H]2CCN(CCc3nc4ccccc4n3C)C2)n1. The van der Waals surface area contributed by atoms with Crippen LogP contribution in [0.4, 0.5) is 0 Å². The third-order valence-corrected chi connectivity index (χ3v) is 4.70. The van der Waals surface area contributed by atoms with Crippen molar-refractivity contribution in [2.75, 3.05) is 19.6 Å². The molecule has 1 aliphatic rings. The largest absolute Gasteiger partial charge is 0.339 e. The van der Waals surface area contributed by atoms with E-state index in [-0.39, 0.29) is 0 Å². The first-order valence-electron chi connectivity index (χ1n) is 8.13. The summed E-state index contributed by atoms with van der Waals surface area (Å²) < 4.78 is 7.51. The van der Waals surface area contributed by atoms with Crippen molar-refractivity contribution < 1.29 is 4.52 Å². The van der Waals surface area contributed by atoms with Gasteiger partial charge in [0, 0.05) is 26.6 Å². The zero-order chi connectivity index (χ0) is 15.8. The zero-order valence-electron chi connectivity index (χ0n) is 13.6. The van der Waals surface area contributed by atoms with Crippen molar-refractivity contribution in [3.8, 4) is 0 Å². The molecule has 0 unspecified atom stereocenters. The van der Waals surface area contributed by atoms with Crippen LogP contribution in [0.25, 0.3) is 11.0 Å². The molecule has 120 valence electrons. The maximum atomic E-state index is 5.31. The van der Waals surface area contributed by atoms with Crippen LogP contribution >= 0.6 is 0 Å². The van der Waals surface area contributed by atoms with Gasteiger partial charge < -0.3 is 14.0 Å². The highest BCUT2D eigenvalue weighted by Crippen LogP contribution is 2.26. The summed E-state index contributed by atoms with van der Waals surface area (Å²) in [6.45, 7) is 4.95. The second kappa shape index (κ2) is 5.77. The van der Waals surface area contributed by atoms with Crippen LogP contribution in [0.3, 0.4) is 0 Å². The van der Waals surface area contributed by atoms with Crippen molar-refractivity contribution in [1.29, 1.82) is 0 Å². The summed E-state index contributed by atoms with van der Waals surface area (Å²) in [6.07, 6.45) is 2.05. The van der Waals surface area contributed by atoms with Crippen molar-refractivity contribution in [1.82, 2.24) is 24.6 Å². The van der Waals surface area contributed by atoms with E-state index >= 15 is 0 Å². The molecule has 0 saturated carbocycles. The summed E-state index contributed by atoms with van der Waals surface area (Å²) in [5, 5.41) is 3.90. The van der Waals surface area contributed by atoms with Crippen LogP contribution in [-0.4, -0.2) is 44.2 Å². The predicted molar refractivity (Wildman–Crippen MR) is 87.3 cm³/mol. The molecule has 0 bridgehead atoms. The Morgan fingerprint density at radius 1 is 1.26 bits per heavy atom. The number of aromatic nitrogens is 4. The summed E-state index contributed by atoms with van der Waals surface area (Å²) in [5.74, 6) is 3.02. The van der Waals surface area contributed by atoms with Crippen molar-refractivity contribution in [2.24, 2.45) is 7.05 Å². The van der Waals surface area contributed by atoms with Crippen LogP contribution in [0.1, 0.15) is 29.9 Å². The second-order valence-corrected chi connectivity index (χ2v) is 6.29. The number of fused-ring (bicyclic) bond motifs is 1. The number of aryl methyl sites for hydroxylation is 2. The molecule has 4 rings (SSSR count). The lowest BCUT2D eigenvalue weighted by Crippen LogP contribution is -2.24. The van der Waals surface area contributed by atoms with E-state index < -0.39 is 0 Å². The molecule has 1 fully saturated rings. The fourth-order valence-electron chi connectivity index (χ4n) is 3.39. The van der Waals surface area contributed by atoms with Crippen LogP contribution in [0.5, 0.6) is 0 Å². The topological polar surface area (TPSA) is 60.0 Å². The third-order valence-electron chi connectivity index (χ3n) is 4.70. The van der Waals surface area contributed by atoms with Crippen molar-refractivity contribution in [3.05, 3.63) is 41.8 Å². The monoisotopic (exact) mass is 311 g/mol. The molecule has 3 aromatic rings. The second-order valence-electron chi connectivity index (χ2n) is 6.29. The summed E-state index contributed by atoms with van der Waals surface area (Å²) in [7, 11) is 2.10. The summed E-state index contributed by atoms with van der Waals surface area (Å²) in [5.41, 5.74) is 2.27. The number of likely N-dealkylation sites (tertiary alicyclic amines) is 1. The lowest BCUT2D eigenvalue weighted by molar-refractivity contribution is 0.315. The van der Waals surface area contributed by atoms with Gasteiger partial charge in [-0.15, -0.1) is 0 Å². The molecule has 6 nitrogen and oxygen atoms in total. The Labute approximate surface area is 135 Å². The Bertz CT molecular complexity index is 821. The average Bonchev–Trinajstić information content (AvgIpc) is 3.25. The van der Waals surface area contributed by atoms with Gasteiger partial charge in [0.2, 0.25) is 5.89 Å². The summed E-state index contributed by atoms with van der Waals surface area (Å²) in [4.78, 5) is 11.6. The molecule has 0 spiro atoms. The number of nitrogens with zero attached hydrogens (tertiary/aromatic N) is 5. The van der Waals surface area contributed by atoms with Gasteiger partial charge in [0.25, 0.3) is 0 Å². The number of rotatable bonds is 4. The normalized spacial score (nSPS) is 19.0. The minimum Gasteiger partial charge on any atom is -0.339 e. The van der Waals surface area contributed by atoms with Gasteiger partial charge in [-0.25, -0.2) is 4.98 Å². The smallest absolute Gasteiger partial charge is 0.231 e. The summed E-state index contributed by atoms with van der Waals surface area (Å²) >= 11 is 0. The quantitative estimate of drug-likeness (QED) is 0.740. The van der Waals surface area contributed by atoms with Gasteiger partial charge in [0.15, 0.2) is 5.82 Å². The Morgan fingerprint density at radius 3 is 2.91 bits per heavy atom. The molecule has 23 heavy (non-hydrogen) atoms. The first-order chi connectivity index (χ1) is 11.2. The highest BCUT2D eigenvalue weighted by atomic mass is 16.5. The Morgan fingerprint density at radius 2 is 2.13 bits per heavy atom. The van der Waals surface area contributed by atoms with Gasteiger partial charge in [-0.05, 0) is 32.0 Å². The van der Waals surface area contributed by atoms with Gasteiger partial charge in [0.1, 0.15) is 5.82 Å². The van der Waals surface area contributed by atoms with E-state index in [4.69, 9.17) is 9.51 Å². The molecule has 6 heteroatoms. The van der Waals surface area contributed by atoms with Crippen LogP contribution < -0.4 is 0 Å². The van der Waals surface area contributed by atoms with Crippen LogP contribution in [0, 0.1) is 6.92 Å². The minimum absolute atomic E-state index is 0.372. The van der Waals surface area contributed by atoms with E-state index in [1.54, 1.807) is 0 Å². The zero-order valence-corrected chi connectivity index (χ0v) is 13.6. The molecule has 1 aliphatic heterocycles. The van der Waals surface area contributed by atoms with Crippen LogP contribution in [0.2, 0.25) is 0 Å². The molecule has 0 radical (unpaired) electrons. The molecule has 3 heterocycles. The van der Waals surface area contributed by atoms with Gasteiger partial charge in [0.05, 0.1) is 17.0 Å². The van der Waals surface area contributed by atoms with E-state index in [0.29, 0.717) is 5.92 Å². The van der Waals surface area contributed by atoms with Gasteiger partial charge in [-0.1, -0.05) is 17.3 Å². The summed E-state index contributed by atoms with van der Waals surface area (Å²) in [6, 6.07) is 8.29. The lowest BCUT2D eigenvalue weighted by Gasteiger charge is -2.14. The number of benzene rings is 1. The molecule has 0 aliphatic carbocycles. The highest BCUT2D eigenvalue weighted by molar-refractivity contribution is 5.75. The average molecular weight is 311 g/mol. The van der Waals surface area contributed by atoms with E-state index in [2.05, 4.69) is 44.9 Å². The molecule has 1 atom stereocenters. The fraction of sp³-hybridized carbons (Fsp3) is 0.471. The molecular weight excluding hydrogens is 290 g/mol. The van der Waals surface area contributed by atoms with Crippen LogP contribution in [-0.2, 0) is 13.5 Å². The number of para-hydroxylation sites is 2. The maximum absolute atomic E-state index is 5.31.